The van der Waals surface area contributed by atoms with E-state index in [1.54, 1.807) is 0 Å². The van der Waals surface area contributed by atoms with Crippen molar-refractivity contribution >= 4 is 0 Å². The fourth-order valence-corrected chi connectivity index (χ4v) is 1.23. The van der Waals surface area contributed by atoms with Gasteiger partial charge in [-0.05, 0) is 0 Å². The minimum Gasteiger partial charge on any atom is -0.377 e. The molecule has 0 atom stereocenters. The van der Waals surface area contributed by atoms with Crippen LogP contribution in [0.25, 0.3) is 0 Å². The zero-order valence-corrected chi connectivity index (χ0v) is 8.66. The summed E-state index contributed by atoms with van der Waals surface area (Å²) in [5.41, 5.74) is -1.05. The average Bonchev–Trinajstić information content (AvgIpc) is 2.46. The molecule has 1 aromatic rings. The van der Waals surface area contributed by atoms with Crippen LogP contribution in [-0.2, 0) is 15.8 Å². The highest BCUT2D eigenvalue weighted by Gasteiger charge is 2.42. The van der Waals surface area contributed by atoms with E-state index in [1.165, 1.54) is 0 Å². The van der Waals surface area contributed by atoms with Crippen molar-refractivity contribution in [1.29, 1.82) is 0 Å². The van der Waals surface area contributed by atoms with Gasteiger partial charge in [0, 0.05) is 5.41 Å². The smallest absolute Gasteiger partial charge is 0.187 e. The summed E-state index contributed by atoms with van der Waals surface area (Å²) in [5, 5.41) is 16.7. The molecule has 0 radical (unpaired) electrons. The first kappa shape index (κ1) is 9.61. The molecule has 0 spiro atoms. The van der Waals surface area contributed by atoms with Gasteiger partial charge in [0.2, 0.25) is 0 Å². The minimum atomic E-state index is -0.972. The Balaban J connectivity index is 2.26. The van der Waals surface area contributed by atoms with Gasteiger partial charge in [-0.2, -0.15) is 5.10 Å². The summed E-state index contributed by atoms with van der Waals surface area (Å²) < 4.78 is 4.94. The monoisotopic (exact) mass is 197 g/mol. The van der Waals surface area contributed by atoms with Gasteiger partial charge in [0.25, 0.3) is 0 Å². The highest BCUT2D eigenvalue weighted by Crippen LogP contribution is 2.28. The van der Waals surface area contributed by atoms with E-state index in [9.17, 15) is 5.11 Å². The molecule has 1 saturated heterocycles. The Bertz CT molecular complexity index is 336. The molecule has 0 aliphatic carbocycles. The highest BCUT2D eigenvalue weighted by atomic mass is 16.5. The van der Waals surface area contributed by atoms with Gasteiger partial charge < -0.3 is 9.84 Å². The minimum absolute atomic E-state index is 0.0772. The van der Waals surface area contributed by atoms with Crippen molar-refractivity contribution in [2.45, 2.75) is 31.8 Å². The molecule has 1 aliphatic heterocycles. The molecule has 1 aromatic heterocycles. The van der Waals surface area contributed by atoms with Gasteiger partial charge in [-0.15, -0.1) is 0 Å². The molecule has 2 heterocycles. The van der Waals surface area contributed by atoms with Crippen LogP contribution >= 0.6 is 0 Å². The number of aliphatic hydroxyl groups is 1. The lowest BCUT2D eigenvalue weighted by Gasteiger charge is -2.33. The lowest BCUT2D eigenvalue weighted by atomic mass is 9.96. The molecule has 5 nitrogen and oxygen atoms in total. The molecule has 14 heavy (non-hydrogen) atoms. The van der Waals surface area contributed by atoms with Gasteiger partial charge in [0.05, 0.1) is 13.2 Å². The Kier molecular flexibility index (Phi) is 1.90. The highest BCUT2D eigenvalue weighted by molar-refractivity contribution is 5.10. The first-order valence-corrected chi connectivity index (χ1v) is 4.65. The first-order valence-electron chi connectivity index (χ1n) is 4.65. The second-order valence-electron chi connectivity index (χ2n) is 4.78. The number of H-pyrrole nitrogens is 1. The van der Waals surface area contributed by atoms with Gasteiger partial charge in [0.15, 0.2) is 11.4 Å². The summed E-state index contributed by atoms with van der Waals surface area (Å²) in [6.45, 7) is 6.69. The third kappa shape index (κ3) is 1.42. The Morgan fingerprint density at radius 2 is 2.07 bits per heavy atom. The van der Waals surface area contributed by atoms with Crippen LogP contribution in [0.3, 0.4) is 0 Å². The van der Waals surface area contributed by atoms with E-state index in [2.05, 4.69) is 15.2 Å². The molecule has 1 fully saturated rings. The predicted octanol–water partition coefficient (Wildman–Crippen LogP) is 0.320. The van der Waals surface area contributed by atoms with E-state index in [-0.39, 0.29) is 18.6 Å². The van der Waals surface area contributed by atoms with E-state index < -0.39 is 5.60 Å². The third-order valence-corrected chi connectivity index (χ3v) is 2.29. The quantitative estimate of drug-likeness (QED) is 0.680. The molecule has 5 heteroatoms. The number of hydrogen-bond acceptors (Lipinski definition) is 4. The number of hydrogen-bond donors (Lipinski definition) is 2. The van der Waals surface area contributed by atoms with Gasteiger partial charge >= 0.3 is 0 Å². The predicted molar refractivity (Wildman–Crippen MR) is 49.8 cm³/mol. The van der Waals surface area contributed by atoms with Crippen molar-refractivity contribution in [2.75, 3.05) is 13.2 Å². The standard InChI is InChI=1S/C9H15N3O2/c1-8(2,3)6-10-7(12-11-6)9(13)4-14-5-9/h13H,4-5H2,1-3H3,(H,10,11,12). The maximum atomic E-state index is 9.89. The topological polar surface area (TPSA) is 71.0 Å². The normalized spacial score (nSPS) is 20.6. The molecule has 0 bridgehead atoms. The number of aromatic amines is 1. The van der Waals surface area contributed by atoms with Crippen molar-refractivity contribution in [2.24, 2.45) is 0 Å². The molecule has 0 aromatic carbocycles. The molecule has 0 unspecified atom stereocenters. The zero-order valence-electron chi connectivity index (χ0n) is 8.66. The van der Waals surface area contributed by atoms with Crippen LogP contribution in [0.2, 0.25) is 0 Å². The fourth-order valence-electron chi connectivity index (χ4n) is 1.23. The molecule has 1 aliphatic rings. The van der Waals surface area contributed by atoms with Crippen LogP contribution in [0.5, 0.6) is 0 Å². The fraction of sp³-hybridized carbons (Fsp3) is 0.778. The molecule has 2 N–H and O–H groups in total. The summed E-state index contributed by atoms with van der Waals surface area (Å²) in [5.74, 6) is 1.22. The van der Waals surface area contributed by atoms with Crippen LogP contribution in [0.15, 0.2) is 0 Å². The summed E-state index contributed by atoms with van der Waals surface area (Å²) in [7, 11) is 0. The van der Waals surface area contributed by atoms with E-state index >= 15 is 0 Å². The SMILES string of the molecule is CC(C)(C)c1nc(C2(O)COC2)n[nH]1. The van der Waals surface area contributed by atoms with E-state index in [4.69, 9.17) is 4.74 Å². The number of rotatable bonds is 1. The Hall–Kier alpha value is -0.940. The lowest BCUT2D eigenvalue weighted by molar-refractivity contribution is -0.189. The van der Waals surface area contributed by atoms with Gasteiger partial charge in [-0.1, -0.05) is 20.8 Å². The summed E-state index contributed by atoms with van der Waals surface area (Å²) in [6, 6.07) is 0. The second-order valence-corrected chi connectivity index (χ2v) is 4.78. The van der Waals surface area contributed by atoms with Gasteiger partial charge in [-0.25, -0.2) is 4.98 Å². The van der Waals surface area contributed by atoms with Crippen molar-refractivity contribution in [3.63, 3.8) is 0 Å². The van der Waals surface area contributed by atoms with Crippen LogP contribution in [0.4, 0.5) is 0 Å². The maximum Gasteiger partial charge on any atom is 0.187 e. The lowest BCUT2D eigenvalue weighted by Crippen LogP contribution is -2.47. The Morgan fingerprint density at radius 3 is 2.43 bits per heavy atom. The average molecular weight is 197 g/mol. The van der Waals surface area contributed by atoms with E-state index in [0.29, 0.717) is 5.82 Å². The summed E-state index contributed by atoms with van der Waals surface area (Å²) in [4.78, 5) is 4.28. The van der Waals surface area contributed by atoms with E-state index in [0.717, 1.165) is 5.82 Å². The van der Waals surface area contributed by atoms with Crippen molar-refractivity contribution in [3.05, 3.63) is 11.6 Å². The Morgan fingerprint density at radius 1 is 1.43 bits per heavy atom. The van der Waals surface area contributed by atoms with Crippen LogP contribution in [-0.4, -0.2) is 33.5 Å². The molecule has 0 saturated carbocycles. The van der Waals surface area contributed by atoms with Crippen LogP contribution in [0.1, 0.15) is 32.4 Å². The van der Waals surface area contributed by atoms with E-state index in [1.807, 2.05) is 20.8 Å². The molecular formula is C9H15N3O2. The molecule has 2 rings (SSSR count). The van der Waals surface area contributed by atoms with Gasteiger partial charge in [0.1, 0.15) is 5.82 Å². The first-order chi connectivity index (χ1) is 6.42. The zero-order chi connectivity index (χ0) is 10.4. The summed E-state index contributed by atoms with van der Waals surface area (Å²) in [6.07, 6.45) is 0. The largest absolute Gasteiger partial charge is 0.377 e. The molecule has 78 valence electrons. The van der Waals surface area contributed by atoms with Crippen molar-refractivity contribution in [1.82, 2.24) is 15.2 Å². The van der Waals surface area contributed by atoms with Gasteiger partial charge in [-0.3, -0.25) is 5.10 Å². The number of aromatic nitrogens is 3. The molecular weight excluding hydrogens is 182 g/mol. The maximum absolute atomic E-state index is 9.89. The Labute approximate surface area is 82.5 Å². The molecule has 0 amide bonds. The van der Waals surface area contributed by atoms with Crippen molar-refractivity contribution in [3.8, 4) is 0 Å². The van der Waals surface area contributed by atoms with Crippen LogP contribution in [0, 0.1) is 0 Å². The third-order valence-electron chi connectivity index (χ3n) is 2.29. The van der Waals surface area contributed by atoms with Crippen LogP contribution < -0.4 is 0 Å². The number of nitrogens with one attached hydrogen (secondary N) is 1. The van der Waals surface area contributed by atoms with Crippen molar-refractivity contribution < 1.29 is 9.84 Å². The second kappa shape index (κ2) is 2.77. The number of nitrogens with zero attached hydrogens (tertiary/aromatic N) is 2. The summed E-state index contributed by atoms with van der Waals surface area (Å²) >= 11 is 0. The number of ether oxygens (including phenoxy) is 1.